The van der Waals surface area contributed by atoms with Gasteiger partial charge >= 0.3 is 0 Å². The Labute approximate surface area is 108 Å². The van der Waals surface area contributed by atoms with Crippen LogP contribution in [-0.2, 0) is 0 Å². The van der Waals surface area contributed by atoms with Gasteiger partial charge in [0, 0.05) is 18.6 Å². The molecule has 0 fully saturated rings. The number of halogens is 2. The Hall–Kier alpha value is -2.24. The fraction of sp³-hybridized carbons (Fsp3) is 0.231. The summed E-state index contributed by atoms with van der Waals surface area (Å²) in [7, 11) is 1.73. The van der Waals surface area contributed by atoms with E-state index in [1.54, 1.807) is 19.2 Å². The van der Waals surface area contributed by atoms with Crippen molar-refractivity contribution in [2.45, 2.75) is 6.43 Å². The molecule has 0 saturated heterocycles. The molecule has 2 N–H and O–H groups in total. The number of anilines is 1. The zero-order valence-electron chi connectivity index (χ0n) is 10.3. The third kappa shape index (κ3) is 2.78. The number of fused-ring (bicyclic) bond motifs is 1. The Morgan fingerprint density at radius 3 is 2.63 bits per heavy atom. The van der Waals surface area contributed by atoms with Crippen LogP contribution in [0.2, 0.25) is 0 Å². The van der Waals surface area contributed by atoms with Crippen LogP contribution in [0.15, 0.2) is 30.5 Å². The Balaban J connectivity index is 2.41. The van der Waals surface area contributed by atoms with Crippen LogP contribution in [0.3, 0.4) is 0 Å². The normalized spacial score (nSPS) is 10.7. The van der Waals surface area contributed by atoms with Gasteiger partial charge < -0.3 is 10.6 Å². The molecule has 6 heteroatoms. The largest absolute Gasteiger partial charge is 0.373 e. The van der Waals surface area contributed by atoms with E-state index in [9.17, 15) is 13.6 Å². The van der Waals surface area contributed by atoms with Crippen LogP contribution < -0.4 is 10.6 Å². The average molecular weight is 265 g/mol. The Bertz CT molecular complexity index is 601. The van der Waals surface area contributed by atoms with Gasteiger partial charge in [0.25, 0.3) is 12.3 Å². The first kappa shape index (κ1) is 13.2. The van der Waals surface area contributed by atoms with Gasteiger partial charge in [0.1, 0.15) is 5.82 Å². The molecule has 100 valence electrons. The highest BCUT2D eigenvalue weighted by Gasteiger charge is 2.14. The molecule has 0 spiro atoms. The molecule has 0 radical (unpaired) electrons. The van der Waals surface area contributed by atoms with E-state index < -0.39 is 18.9 Å². The van der Waals surface area contributed by atoms with Crippen LogP contribution in [0.25, 0.3) is 10.8 Å². The maximum absolute atomic E-state index is 12.1. The predicted molar refractivity (Wildman–Crippen MR) is 69.6 cm³/mol. The molecule has 0 saturated carbocycles. The van der Waals surface area contributed by atoms with Gasteiger partial charge in [-0.3, -0.25) is 4.79 Å². The van der Waals surface area contributed by atoms with Gasteiger partial charge in [0.15, 0.2) is 0 Å². The summed E-state index contributed by atoms with van der Waals surface area (Å²) in [6.07, 6.45) is -1.19. The zero-order valence-corrected chi connectivity index (χ0v) is 10.3. The van der Waals surface area contributed by atoms with E-state index in [2.05, 4.69) is 15.6 Å². The maximum Gasteiger partial charge on any atom is 0.255 e. The predicted octanol–water partition coefficient (Wildman–Crippen LogP) is 2.27. The average Bonchev–Trinajstić information content (AvgIpc) is 2.43. The smallest absolute Gasteiger partial charge is 0.255 e. The highest BCUT2D eigenvalue weighted by Crippen LogP contribution is 2.23. The van der Waals surface area contributed by atoms with E-state index in [1.165, 1.54) is 6.20 Å². The van der Waals surface area contributed by atoms with Crippen LogP contribution in [0, 0.1) is 0 Å². The van der Waals surface area contributed by atoms with E-state index in [0.717, 1.165) is 5.39 Å². The Kier molecular flexibility index (Phi) is 3.89. The van der Waals surface area contributed by atoms with Crippen molar-refractivity contribution in [1.82, 2.24) is 10.3 Å². The van der Waals surface area contributed by atoms with Crippen LogP contribution >= 0.6 is 0 Å². The number of hydrogen-bond acceptors (Lipinski definition) is 3. The van der Waals surface area contributed by atoms with Gasteiger partial charge in [-0.15, -0.1) is 0 Å². The third-order valence-corrected chi connectivity index (χ3v) is 2.69. The number of aromatic nitrogens is 1. The maximum atomic E-state index is 12.1. The van der Waals surface area contributed by atoms with Crippen LogP contribution in [0.5, 0.6) is 0 Å². The third-order valence-electron chi connectivity index (χ3n) is 2.69. The van der Waals surface area contributed by atoms with Crippen LogP contribution in [0.1, 0.15) is 10.4 Å². The van der Waals surface area contributed by atoms with Crippen LogP contribution in [0.4, 0.5) is 14.6 Å². The lowest BCUT2D eigenvalue weighted by molar-refractivity contribution is 0.0893. The first-order valence-corrected chi connectivity index (χ1v) is 5.75. The topological polar surface area (TPSA) is 54.0 Å². The molecule has 0 bridgehead atoms. The van der Waals surface area contributed by atoms with E-state index >= 15 is 0 Å². The quantitative estimate of drug-likeness (QED) is 0.891. The number of rotatable bonds is 4. The lowest BCUT2D eigenvalue weighted by Gasteiger charge is -2.10. The molecule has 1 aromatic carbocycles. The molecule has 4 nitrogen and oxygen atoms in total. The minimum Gasteiger partial charge on any atom is -0.373 e. The molecule has 0 aliphatic heterocycles. The van der Waals surface area contributed by atoms with E-state index in [4.69, 9.17) is 0 Å². The van der Waals surface area contributed by atoms with E-state index in [-0.39, 0.29) is 5.56 Å². The number of nitrogens with one attached hydrogen (secondary N) is 2. The zero-order chi connectivity index (χ0) is 13.8. The van der Waals surface area contributed by atoms with Gasteiger partial charge in [-0.25, -0.2) is 13.8 Å². The second kappa shape index (κ2) is 5.60. The lowest BCUT2D eigenvalue weighted by Crippen LogP contribution is -2.28. The van der Waals surface area contributed by atoms with Gasteiger partial charge in [0.05, 0.1) is 12.1 Å². The summed E-state index contributed by atoms with van der Waals surface area (Å²) in [5, 5.41) is 6.55. The van der Waals surface area contributed by atoms with Crippen molar-refractivity contribution in [3.05, 3.63) is 36.0 Å². The molecular weight excluding hydrogens is 252 g/mol. The molecule has 1 aromatic heterocycles. The van der Waals surface area contributed by atoms with E-state index in [0.29, 0.717) is 11.2 Å². The number of carbonyl (C=O) groups excluding carboxylic acids is 1. The molecule has 2 aromatic rings. The molecule has 0 aliphatic carbocycles. The summed E-state index contributed by atoms with van der Waals surface area (Å²) in [5.41, 5.74) is 0.287. The monoisotopic (exact) mass is 265 g/mol. The lowest BCUT2D eigenvalue weighted by atomic mass is 10.1. The second-order valence-corrected chi connectivity index (χ2v) is 3.92. The summed E-state index contributed by atoms with van der Waals surface area (Å²) < 4.78 is 24.2. The van der Waals surface area contributed by atoms with Crippen molar-refractivity contribution in [3.8, 4) is 0 Å². The first-order chi connectivity index (χ1) is 9.13. The van der Waals surface area contributed by atoms with Crippen LogP contribution in [-0.4, -0.2) is 30.9 Å². The van der Waals surface area contributed by atoms with Crippen molar-refractivity contribution in [2.75, 3.05) is 18.9 Å². The molecule has 0 aliphatic rings. The van der Waals surface area contributed by atoms with Gasteiger partial charge in [0.2, 0.25) is 0 Å². The first-order valence-electron chi connectivity index (χ1n) is 5.75. The summed E-state index contributed by atoms with van der Waals surface area (Å²) in [6, 6.07) is 7.19. The van der Waals surface area contributed by atoms with Crippen molar-refractivity contribution in [3.63, 3.8) is 0 Å². The SMILES string of the molecule is CNc1ncc(C(=O)NCC(F)F)c2ccccc12. The standard InChI is InChI=1S/C13H13F2N3O/c1-16-12-9-5-3-2-4-8(9)10(6-17-12)13(19)18-7-11(14)15/h2-6,11H,7H2,1H3,(H,16,17)(H,18,19). The fourth-order valence-electron chi connectivity index (χ4n) is 1.84. The van der Waals surface area contributed by atoms with Gasteiger partial charge in [-0.2, -0.15) is 0 Å². The summed E-state index contributed by atoms with van der Waals surface area (Å²) in [4.78, 5) is 16.0. The molecule has 0 unspecified atom stereocenters. The molecule has 19 heavy (non-hydrogen) atoms. The Morgan fingerprint density at radius 1 is 1.32 bits per heavy atom. The van der Waals surface area contributed by atoms with E-state index in [1.807, 2.05) is 12.1 Å². The van der Waals surface area contributed by atoms with Crippen molar-refractivity contribution in [1.29, 1.82) is 0 Å². The van der Waals surface area contributed by atoms with Gasteiger partial charge in [-0.1, -0.05) is 24.3 Å². The van der Waals surface area contributed by atoms with Crippen molar-refractivity contribution in [2.24, 2.45) is 0 Å². The number of hydrogen-bond donors (Lipinski definition) is 2. The summed E-state index contributed by atoms with van der Waals surface area (Å²) in [5.74, 6) is 0.0904. The highest BCUT2D eigenvalue weighted by molar-refractivity contribution is 6.09. The number of carbonyl (C=O) groups is 1. The molecule has 1 amide bonds. The molecule has 0 atom stereocenters. The molecular formula is C13H13F2N3O. The highest BCUT2D eigenvalue weighted by atomic mass is 19.3. The van der Waals surface area contributed by atoms with Crippen molar-refractivity contribution < 1.29 is 13.6 Å². The number of amides is 1. The molecule has 1 heterocycles. The Morgan fingerprint density at radius 2 is 2.00 bits per heavy atom. The number of benzene rings is 1. The number of alkyl halides is 2. The second-order valence-electron chi connectivity index (χ2n) is 3.92. The minimum absolute atomic E-state index is 0.287. The summed E-state index contributed by atoms with van der Waals surface area (Å²) >= 11 is 0. The minimum atomic E-state index is -2.57. The molecule has 2 rings (SSSR count). The van der Waals surface area contributed by atoms with Gasteiger partial charge in [-0.05, 0) is 5.39 Å². The number of pyridine rings is 1. The summed E-state index contributed by atoms with van der Waals surface area (Å²) in [6.45, 7) is -0.666. The number of nitrogens with zero attached hydrogens (tertiary/aromatic N) is 1. The van der Waals surface area contributed by atoms with Crippen molar-refractivity contribution >= 4 is 22.5 Å². The fourth-order valence-corrected chi connectivity index (χ4v) is 1.84.